The van der Waals surface area contributed by atoms with E-state index in [0.717, 1.165) is 48.1 Å². The van der Waals surface area contributed by atoms with Gasteiger partial charge in [0.15, 0.2) is 0 Å². The van der Waals surface area contributed by atoms with Crippen LogP contribution in [0.2, 0.25) is 0 Å². The number of aryl methyl sites for hydroxylation is 3. The van der Waals surface area contributed by atoms with Crippen molar-refractivity contribution in [2.24, 2.45) is 5.92 Å². The Morgan fingerprint density at radius 3 is 2.40 bits per heavy atom. The first-order valence-electron chi connectivity index (χ1n) is 8.84. The number of hydrogen-bond donors (Lipinski definition) is 1. The van der Waals surface area contributed by atoms with Gasteiger partial charge in [0.1, 0.15) is 5.76 Å². The maximum absolute atomic E-state index is 12.9. The van der Waals surface area contributed by atoms with E-state index >= 15 is 0 Å². The van der Waals surface area contributed by atoms with Crippen molar-refractivity contribution in [2.45, 2.75) is 64.3 Å². The second kappa shape index (κ2) is 6.92. The molecule has 136 valence electrons. The normalized spacial score (nSPS) is 21.4. The Labute approximate surface area is 149 Å². The zero-order chi connectivity index (χ0) is 18.2. The Bertz CT molecular complexity index is 843. The minimum atomic E-state index is -3.55. The summed E-state index contributed by atoms with van der Waals surface area (Å²) in [7, 11) is -3.55. The smallest absolute Gasteiger partial charge is 0.241 e. The van der Waals surface area contributed by atoms with E-state index in [1.54, 1.807) is 6.07 Å². The van der Waals surface area contributed by atoms with Crippen LogP contribution in [0.1, 0.15) is 49.6 Å². The molecule has 1 aliphatic rings. The summed E-state index contributed by atoms with van der Waals surface area (Å²) in [5.41, 5.74) is 3.19. The molecule has 6 heteroatoms. The summed E-state index contributed by atoms with van der Waals surface area (Å²) in [4.78, 5) is 0.337. The first-order valence-corrected chi connectivity index (χ1v) is 10.3. The average Bonchev–Trinajstić information content (AvgIpc) is 2.89. The highest BCUT2D eigenvalue weighted by Crippen LogP contribution is 2.31. The Kier molecular flexibility index (Phi) is 5.02. The molecule has 0 amide bonds. The van der Waals surface area contributed by atoms with Gasteiger partial charge in [-0.05, 0) is 69.6 Å². The molecule has 1 aromatic heterocycles. The quantitative estimate of drug-likeness (QED) is 0.888. The molecule has 0 aliphatic heterocycles. The summed E-state index contributed by atoms with van der Waals surface area (Å²) in [6.45, 7) is 7.75. The summed E-state index contributed by atoms with van der Waals surface area (Å²) in [6.07, 6.45) is 3.96. The van der Waals surface area contributed by atoms with Crippen molar-refractivity contribution >= 4 is 10.0 Å². The van der Waals surface area contributed by atoms with E-state index in [9.17, 15) is 8.42 Å². The summed E-state index contributed by atoms with van der Waals surface area (Å²) in [5.74, 6) is 1.38. The van der Waals surface area contributed by atoms with E-state index in [2.05, 4.69) is 16.8 Å². The van der Waals surface area contributed by atoms with Crippen LogP contribution in [0.4, 0.5) is 0 Å². The van der Waals surface area contributed by atoms with Gasteiger partial charge >= 0.3 is 0 Å². The molecular weight excluding hydrogens is 336 g/mol. The zero-order valence-corrected chi connectivity index (χ0v) is 16.1. The van der Waals surface area contributed by atoms with Crippen molar-refractivity contribution in [3.05, 3.63) is 35.2 Å². The molecule has 1 saturated carbocycles. The van der Waals surface area contributed by atoms with Crippen molar-refractivity contribution in [1.29, 1.82) is 0 Å². The van der Waals surface area contributed by atoms with E-state index in [-0.39, 0.29) is 6.04 Å². The number of aromatic nitrogens is 1. The predicted octanol–water partition coefficient (Wildman–Crippen LogP) is 4.12. The number of nitrogens with zero attached hydrogens (tertiary/aromatic N) is 1. The lowest BCUT2D eigenvalue weighted by Crippen LogP contribution is -2.37. The first kappa shape index (κ1) is 18.1. The highest BCUT2D eigenvalue weighted by molar-refractivity contribution is 7.89. The molecule has 1 N–H and O–H groups in total. The number of sulfonamides is 1. The first-order chi connectivity index (χ1) is 11.8. The lowest BCUT2D eigenvalue weighted by atomic mass is 9.88. The molecule has 0 spiro atoms. The predicted molar refractivity (Wildman–Crippen MR) is 97.9 cm³/mol. The number of hydrogen-bond acceptors (Lipinski definition) is 4. The highest BCUT2D eigenvalue weighted by Gasteiger charge is 2.26. The molecular formula is C19H26N2O3S. The Morgan fingerprint density at radius 2 is 1.80 bits per heavy atom. The molecule has 3 rings (SSSR count). The lowest BCUT2D eigenvalue weighted by Gasteiger charge is -2.27. The van der Waals surface area contributed by atoms with Gasteiger partial charge in [-0.1, -0.05) is 24.2 Å². The fourth-order valence-electron chi connectivity index (χ4n) is 3.60. The molecule has 0 radical (unpaired) electrons. The molecule has 1 aromatic carbocycles. The fourth-order valence-corrected chi connectivity index (χ4v) is 5.18. The molecule has 0 saturated heterocycles. The van der Waals surface area contributed by atoms with Crippen LogP contribution < -0.4 is 4.72 Å². The van der Waals surface area contributed by atoms with Crippen molar-refractivity contribution in [3.63, 3.8) is 0 Å². The maximum atomic E-state index is 12.9. The second-order valence-corrected chi connectivity index (χ2v) is 8.94. The second-order valence-electron chi connectivity index (χ2n) is 7.26. The minimum Gasteiger partial charge on any atom is -0.361 e. The third-order valence-electron chi connectivity index (χ3n) is 5.14. The van der Waals surface area contributed by atoms with Gasteiger partial charge in [-0.2, -0.15) is 0 Å². The number of rotatable bonds is 4. The molecule has 0 bridgehead atoms. The molecule has 0 unspecified atom stereocenters. The van der Waals surface area contributed by atoms with Gasteiger partial charge in [0.05, 0.1) is 10.6 Å². The summed E-state index contributed by atoms with van der Waals surface area (Å²) in [5, 5.41) is 3.97. The maximum Gasteiger partial charge on any atom is 0.241 e. The average molecular weight is 362 g/mol. The van der Waals surface area contributed by atoms with Crippen molar-refractivity contribution in [2.75, 3.05) is 0 Å². The SMILES string of the molecule is Cc1ccc(-c2c(C)noc2C)cc1S(=O)(=O)NC1CCC(C)CC1. The fraction of sp³-hybridized carbons (Fsp3) is 0.526. The van der Waals surface area contributed by atoms with Crippen LogP contribution in [0, 0.1) is 26.7 Å². The minimum absolute atomic E-state index is 0.0309. The Hall–Kier alpha value is -1.66. The van der Waals surface area contributed by atoms with Gasteiger partial charge in [-0.25, -0.2) is 13.1 Å². The standard InChI is InChI=1S/C19H26N2O3S/c1-12-5-9-17(10-6-12)21-25(22,23)18-11-16(8-7-13(18)2)19-14(3)20-24-15(19)4/h7-8,11-12,17,21H,5-6,9-10H2,1-4H3. The Morgan fingerprint density at radius 1 is 1.12 bits per heavy atom. The molecule has 1 fully saturated rings. The summed E-state index contributed by atoms with van der Waals surface area (Å²) in [6, 6.07) is 5.53. The molecule has 0 atom stereocenters. The van der Waals surface area contributed by atoms with Crippen LogP contribution in [0.3, 0.4) is 0 Å². The van der Waals surface area contributed by atoms with E-state index in [1.807, 2.05) is 32.9 Å². The van der Waals surface area contributed by atoms with Gasteiger partial charge in [0.25, 0.3) is 0 Å². The number of nitrogens with one attached hydrogen (secondary N) is 1. The molecule has 1 heterocycles. The van der Waals surface area contributed by atoms with Crippen LogP contribution in [0.15, 0.2) is 27.6 Å². The summed E-state index contributed by atoms with van der Waals surface area (Å²) >= 11 is 0. The highest BCUT2D eigenvalue weighted by atomic mass is 32.2. The van der Waals surface area contributed by atoms with Crippen molar-refractivity contribution in [3.8, 4) is 11.1 Å². The third-order valence-corrected chi connectivity index (χ3v) is 6.80. The Balaban J connectivity index is 1.92. The van der Waals surface area contributed by atoms with E-state index in [0.29, 0.717) is 16.6 Å². The van der Waals surface area contributed by atoms with E-state index < -0.39 is 10.0 Å². The van der Waals surface area contributed by atoms with Gasteiger partial charge in [0, 0.05) is 11.6 Å². The van der Waals surface area contributed by atoms with E-state index in [4.69, 9.17) is 4.52 Å². The van der Waals surface area contributed by atoms with Crippen LogP contribution >= 0.6 is 0 Å². The van der Waals surface area contributed by atoms with Crippen LogP contribution in [-0.4, -0.2) is 19.6 Å². The van der Waals surface area contributed by atoms with Crippen LogP contribution in [0.25, 0.3) is 11.1 Å². The molecule has 5 nitrogen and oxygen atoms in total. The van der Waals surface area contributed by atoms with Gasteiger partial charge in [-0.15, -0.1) is 0 Å². The lowest BCUT2D eigenvalue weighted by molar-refractivity contribution is 0.332. The van der Waals surface area contributed by atoms with Gasteiger partial charge in [-0.3, -0.25) is 0 Å². The topological polar surface area (TPSA) is 72.2 Å². The molecule has 25 heavy (non-hydrogen) atoms. The van der Waals surface area contributed by atoms with Crippen molar-refractivity contribution < 1.29 is 12.9 Å². The van der Waals surface area contributed by atoms with E-state index in [1.165, 1.54) is 0 Å². The largest absolute Gasteiger partial charge is 0.361 e. The van der Waals surface area contributed by atoms with Gasteiger partial charge in [0.2, 0.25) is 10.0 Å². The van der Waals surface area contributed by atoms with Crippen molar-refractivity contribution in [1.82, 2.24) is 9.88 Å². The van der Waals surface area contributed by atoms with Crippen LogP contribution in [0.5, 0.6) is 0 Å². The molecule has 2 aromatic rings. The third kappa shape index (κ3) is 3.80. The van der Waals surface area contributed by atoms with Gasteiger partial charge < -0.3 is 4.52 Å². The summed E-state index contributed by atoms with van der Waals surface area (Å²) < 4.78 is 34.0. The number of benzene rings is 1. The molecule has 1 aliphatic carbocycles. The zero-order valence-electron chi connectivity index (χ0n) is 15.3. The van der Waals surface area contributed by atoms with Crippen LogP contribution in [-0.2, 0) is 10.0 Å². The monoisotopic (exact) mass is 362 g/mol.